The molecule has 2 aromatic carbocycles. The van der Waals surface area contributed by atoms with Gasteiger partial charge in [-0.05, 0) is 36.2 Å². The minimum Gasteiger partial charge on any atom is -0.508 e. The van der Waals surface area contributed by atoms with Gasteiger partial charge >= 0.3 is 0 Å². The largest absolute Gasteiger partial charge is 0.508 e. The van der Waals surface area contributed by atoms with E-state index in [2.05, 4.69) is 52.0 Å². The molecule has 3 heteroatoms. The first-order valence-electron chi connectivity index (χ1n) is 6.44. The first kappa shape index (κ1) is 12.7. The van der Waals surface area contributed by atoms with Gasteiger partial charge in [0.1, 0.15) is 5.75 Å². The van der Waals surface area contributed by atoms with Gasteiger partial charge in [-0.15, -0.1) is 0 Å². The third-order valence-electron chi connectivity index (χ3n) is 3.85. The minimum absolute atomic E-state index is 0.199. The predicted octanol–water partition coefficient (Wildman–Crippen LogP) is 4.23. The molecule has 0 spiro atoms. The van der Waals surface area contributed by atoms with Crippen molar-refractivity contribution in [3.8, 4) is 5.75 Å². The summed E-state index contributed by atoms with van der Waals surface area (Å²) < 4.78 is 1.00. The molecule has 0 fully saturated rings. The first-order valence-corrected chi connectivity index (χ1v) is 7.23. The molecule has 2 aromatic rings. The van der Waals surface area contributed by atoms with Crippen LogP contribution in [0.25, 0.3) is 0 Å². The Bertz CT molecular complexity index is 586. The van der Waals surface area contributed by atoms with Gasteiger partial charge in [0.05, 0.1) is 0 Å². The van der Waals surface area contributed by atoms with Gasteiger partial charge in [-0.3, -0.25) is 4.90 Å². The smallest absolute Gasteiger partial charge is 0.120 e. The molecule has 19 heavy (non-hydrogen) atoms. The molecule has 0 amide bonds. The van der Waals surface area contributed by atoms with E-state index in [1.165, 1.54) is 11.1 Å². The number of hydrogen-bond donors (Lipinski definition) is 1. The molecular formula is C16H16BrNO. The van der Waals surface area contributed by atoms with Gasteiger partial charge in [0.2, 0.25) is 0 Å². The lowest BCUT2D eigenvalue weighted by atomic mass is 10.1. The lowest BCUT2D eigenvalue weighted by Gasteiger charge is -2.25. The number of phenolic OH excluding ortho intramolecular Hbond substituents is 1. The molecule has 0 saturated carbocycles. The topological polar surface area (TPSA) is 23.5 Å². The number of halogens is 1. The second-order valence-corrected chi connectivity index (χ2v) is 5.97. The fourth-order valence-electron chi connectivity index (χ4n) is 2.69. The maximum Gasteiger partial charge on any atom is 0.120 e. The highest BCUT2D eigenvalue weighted by Gasteiger charge is 2.25. The third-order valence-corrected chi connectivity index (χ3v) is 4.35. The molecular weight excluding hydrogens is 302 g/mol. The summed E-state index contributed by atoms with van der Waals surface area (Å²) in [5.41, 5.74) is 3.76. The van der Waals surface area contributed by atoms with Gasteiger partial charge in [-0.1, -0.05) is 40.2 Å². The second-order valence-electron chi connectivity index (χ2n) is 5.05. The highest BCUT2D eigenvalue weighted by atomic mass is 79.9. The minimum atomic E-state index is 0.199. The summed E-state index contributed by atoms with van der Waals surface area (Å²) in [7, 11) is 0. The Morgan fingerprint density at radius 1 is 1.11 bits per heavy atom. The molecule has 98 valence electrons. The number of phenols is 1. The van der Waals surface area contributed by atoms with Crippen LogP contribution in [0.3, 0.4) is 0 Å². The van der Waals surface area contributed by atoms with Crippen LogP contribution in [-0.4, -0.2) is 10.0 Å². The average molecular weight is 318 g/mol. The van der Waals surface area contributed by atoms with E-state index in [9.17, 15) is 5.11 Å². The number of nitrogens with zero attached hydrogens (tertiary/aromatic N) is 1. The molecule has 0 radical (unpaired) electrons. The molecule has 3 rings (SSSR count). The van der Waals surface area contributed by atoms with E-state index in [1.807, 2.05) is 12.1 Å². The highest BCUT2D eigenvalue weighted by molar-refractivity contribution is 9.10. The molecule has 1 aliphatic heterocycles. The zero-order valence-electron chi connectivity index (χ0n) is 10.8. The van der Waals surface area contributed by atoms with Crippen molar-refractivity contribution in [2.45, 2.75) is 26.1 Å². The summed E-state index contributed by atoms with van der Waals surface area (Å²) in [5.74, 6) is 0.367. The Balaban J connectivity index is 1.87. The van der Waals surface area contributed by atoms with Crippen LogP contribution in [-0.2, 0) is 13.1 Å². The van der Waals surface area contributed by atoms with E-state index in [0.29, 0.717) is 5.75 Å². The quantitative estimate of drug-likeness (QED) is 0.895. The fourth-order valence-corrected chi connectivity index (χ4v) is 3.07. The summed E-state index contributed by atoms with van der Waals surface area (Å²) in [6, 6.07) is 14.4. The maximum absolute atomic E-state index is 10.0. The van der Waals surface area contributed by atoms with E-state index in [4.69, 9.17) is 0 Å². The van der Waals surface area contributed by atoms with Crippen molar-refractivity contribution in [3.05, 3.63) is 63.6 Å². The van der Waals surface area contributed by atoms with Gasteiger partial charge in [0.15, 0.2) is 0 Å². The summed E-state index contributed by atoms with van der Waals surface area (Å²) in [6.07, 6.45) is 0. The monoisotopic (exact) mass is 317 g/mol. The van der Waals surface area contributed by atoms with Crippen molar-refractivity contribution in [1.82, 2.24) is 4.90 Å². The standard InChI is InChI=1S/C16H16BrNO/c1-11(15-8-14(17)6-7-16(15)19)18-9-12-4-2-3-5-13(12)10-18/h2-8,11,19H,9-10H2,1H3. The van der Waals surface area contributed by atoms with Crippen LogP contribution < -0.4 is 0 Å². The van der Waals surface area contributed by atoms with Crippen LogP contribution in [0.4, 0.5) is 0 Å². The maximum atomic E-state index is 10.0. The molecule has 1 heterocycles. The fraction of sp³-hybridized carbons (Fsp3) is 0.250. The lowest BCUT2D eigenvalue weighted by molar-refractivity contribution is 0.211. The van der Waals surface area contributed by atoms with Crippen LogP contribution in [0, 0.1) is 0 Å². The summed E-state index contributed by atoms with van der Waals surface area (Å²) >= 11 is 3.47. The zero-order valence-corrected chi connectivity index (χ0v) is 12.4. The van der Waals surface area contributed by atoms with Gasteiger partial charge in [-0.2, -0.15) is 0 Å². The Kier molecular flexibility index (Phi) is 3.33. The van der Waals surface area contributed by atoms with Gasteiger partial charge in [0, 0.05) is 29.2 Å². The van der Waals surface area contributed by atoms with Crippen LogP contribution in [0.2, 0.25) is 0 Å². The molecule has 0 saturated heterocycles. The molecule has 0 aliphatic carbocycles. The van der Waals surface area contributed by atoms with Crippen LogP contribution >= 0.6 is 15.9 Å². The summed E-state index contributed by atoms with van der Waals surface area (Å²) in [4.78, 5) is 2.38. The number of hydrogen-bond acceptors (Lipinski definition) is 2. The molecule has 1 unspecified atom stereocenters. The van der Waals surface area contributed by atoms with Crippen LogP contribution in [0.5, 0.6) is 5.75 Å². The van der Waals surface area contributed by atoms with Crippen molar-refractivity contribution in [1.29, 1.82) is 0 Å². The van der Waals surface area contributed by atoms with Crippen molar-refractivity contribution in [2.24, 2.45) is 0 Å². The Hall–Kier alpha value is -1.32. The van der Waals surface area contributed by atoms with Crippen LogP contribution in [0.15, 0.2) is 46.9 Å². The van der Waals surface area contributed by atoms with Crippen molar-refractivity contribution in [3.63, 3.8) is 0 Å². The van der Waals surface area contributed by atoms with Crippen molar-refractivity contribution in [2.75, 3.05) is 0 Å². The summed E-state index contributed by atoms with van der Waals surface area (Å²) in [6.45, 7) is 4.04. The van der Waals surface area contributed by atoms with E-state index in [-0.39, 0.29) is 6.04 Å². The SMILES string of the molecule is CC(c1cc(Br)ccc1O)N1Cc2ccccc2C1. The zero-order chi connectivity index (χ0) is 13.4. The molecule has 2 nitrogen and oxygen atoms in total. The number of fused-ring (bicyclic) bond motifs is 1. The Labute approximate surface area is 121 Å². The molecule has 1 aliphatic rings. The van der Waals surface area contributed by atoms with Gasteiger partial charge < -0.3 is 5.11 Å². The number of benzene rings is 2. The molecule has 0 bridgehead atoms. The van der Waals surface area contributed by atoms with Crippen molar-refractivity contribution < 1.29 is 5.11 Å². The van der Waals surface area contributed by atoms with Gasteiger partial charge in [0.25, 0.3) is 0 Å². The van der Waals surface area contributed by atoms with Crippen molar-refractivity contribution >= 4 is 15.9 Å². The average Bonchev–Trinajstić information content (AvgIpc) is 2.84. The van der Waals surface area contributed by atoms with Crippen LogP contribution in [0.1, 0.15) is 29.7 Å². The lowest BCUT2D eigenvalue weighted by Crippen LogP contribution is -2.20. The highest BCUT2D eigenvalue weighted by Crippen LogP contribution is 2.35. The van der Waals surface area contributed by atoms with E-state index < -0.39 is 0 Å². The van der Waals surface area contributed by atoms with E-state index in [0.717, 1.165) is 23.1 Å². The van der Waals surface area contributed by atoms with E-state index >= 15 is 0 Å². The normalized spacial score (nSPS) is 16.3. The Morgan fingerprint density at radius 3 is 2.37 bits per heavy atom. The molecule has 1 N–H and O–H groups in total. The predicted molar refractivity (Wildman–Crippen MR) is 79.9 cm³/mol. The first-order chi connectivity index (χ1) is 9.15. The molecule has 1 atom stereocenters. The molecule has 0 aromatic heterocycles. The summed E-state index contributed by atoms with van der Waals surface area (Å²) in [5, 5.41) is 10.0. The Morgan fingerprint density at radius 2 is 1.74 bits per heavy atom. The van der Waals surface area contributed by atoms with E-state index in [1.54, 1.807) is 6.07 Å². The number of aromatic hydroxyl groups is 1. The van der Waals surface area contributed by atoms with Gasteiger partial charge in [-0.25, -0.2) is 0 Å². The third kappa shape index (κ3) is 2.40. The number of rotatable bonds is 2. The second kappa shape index (κ2) is 4.99.